The zero-order chi connectivity index (χ0) is 32.2. The molecule has 0 aliphatic heterocycles. The predicted octanol–water partition coefficient (Wildman–Crippen LogP) is 9.27. The lowest BCUT2D eigenvalue weighted by Gasteiger charge is -2.74. The number of carbonyl (C=O) groups is 2. The Bertz CT molecular complexity index is 1190. The molecule has 0 aromatic carbocycles. The fourth-order valence-corrected chi connectivity index (χ4v) is 13.5. The molecule has 242 valence electrons. The minimum Gasteiger partial charge on any atom is -0.481 e. The number of carboxylic acids is 1. The SMILES string of the molecule is C=CCC1(C(=O)CC(C)(C)C)C[C@]2(C)[C@H](CC[C@@H]3[C@@]4(C)CC[C@H](O)C(C)(C)[C@@H]4CC[C@]32C)[C@H]2[C@H](C(=C)C)CC[C@@]21C(=O)O. The Kier molecular flexibility index (Phi) is 7.69. The second kappa shape index (κ2) is 10.0. The average molecular weight is 595 g/mol. The summed E-state index contributed by atoms with van der Waals surface area (Å²) >= 11 is 0. The second-order valence-electron chi connectivity index (χ2n) is 18.8. The first-order chi connectivity index (χ1) is 19.7. The van der Waals surface area contributed by atoms with Crippen molar-refractivity contribution in [2.45, 2.75) is 139 Å². The number of ketones is 1. The quantitative estimate of drug-likeness (QED) is 0.301. The molecule has 0 saturated heterocycles. The number of carbonyl (C=O) groups excluding carboxylic acids is 1. The van der Waals surface area contributed by atoms with Gasteiger partial charge >= 0.3 is 5.97 Å². The molecule has 0 radical (unpaired) electrons. The van der Waals surface area contributed by atoms with Crippen LogP contribution in [0.5, 0.6) is 0 Å². The molecule has 0 aromatic rings. The Hall–Kier alpha value is -1.42. The highest BCUT2D eigenvalue weighted by atomic mass is 16.4. The zero-order valence-corrected chi connectivity index (χ0v) is 28.9. The Morgan fingerprint density at radius 3 is 2.12 bits per heavy atom. The van der Waals surface area contributed by atoms with E-state index in [1.54, 1.807) is 0 Å². The molecule has 5 aliphatic carbocycles. The number of rotatable bonds is 6. The molecule has 4 nitrogen and oxygen atoms in total. The fraction of sp³-hybridized carbons (Fsp3) is 0.846. The molecule has 2 N–H and O–H groups in total. The van der Waals surface area contributed by atoms with Crippen LogP contribution >= 0.6 is 0 Å². The highest BCUT2D eigenvalue weighted by Crippen LogP contribution is 2.81. The first-order valence-electron chi connectivity index (χ1n) is 17.4. The summed E-state index contributed by atoms with van der Waals surface area (Å²) in [5.41, 5.74) is -1.46. The number of fused-ring (bicyclic) bond motifs is 7. The van der Waals surface area contributed by atoms with E-state index < -0.39 is 16.8 Å². The van der Waals surface area contributed by atoms with Gasteiger partial charge in [0.15, 0.2) is 0 Å². The molecular formula is C39H62O4. The maximum atomic E-state index is 15.0. The third-order valence-electron chi connectivity index (χ3n) is 15.5. The van der Waals surface area contributed by atoms with E-state index in [9.17, 15) is 19.8 Å². The maximum absolute atomic E-state index is 15.0. The van der Waals surface area contributed by atoms with Crippen molar-refractivity contribution in [3.05, 3.63) is 24.8 Å². The van der Waals surface area contributed by atoms with Gasteiger partial charge in [-0.1, -0.05) is 73.6 Å². The van der Waals surface area contributed by atoms with Crippen molar-refractivity contribution in [3.8, 4) is 0 Å². The molecule has 5 aliphatic rings. The summed E-state index contributed by atoms with van der Waals surface area (Å²) in [6.45, 7) is 29.1. The number of allylic oxidation sites excluding steroid dienone is 2. The minimum atomic E-state index is -1.10. The Morgan fingerprint density at radius 1 is 0.907 bits per heavy atom. The van der Waals surface area contributed by atoms with Gasteiger partial charge in [-0.25, -0.2) is 0 Å². The normalized spacial score (nSPS) is 48.7. The number of aliphatic carboxylic acids is 1. The molecule has 1 unspecified atom stereocenters. The standard InChI is InChI=1S/C39H62O4/c1-12-18-38(30(41)22-33(4,5)6)23-37(11)26(31-25(24(2)3)15-21-39(31,38)32(42)43)13-14-28-35(9)19-17-29(40)34(7,8)27(35)16-20-36(28,37)10/h12,25-29,31,40H,1-2,13-23H2,3-11H3,(H,42,43)/t25-,26+,27-,28+,29-,31+,35-,36+,37+,38?,39-/m0/s1. The Labute approximate surface area is 262 Å². The second-order valence-corrected chi connectivity index (χ2v) is 18.8. The molecule has 0 amide bonds. The van der Waals surface area contributed by atoms with Crippen molar-refractivity contribution >= 4 is 11.8 Å². The van der Waals surface area contributed by atoms with E-state index in [4.69, 9.17) is 0 Å². The van der Waals surface area contributed by atoms with Gasteiger partial charge in [0.05, 0.1) is 11.5 Å². The van der Waals surface area contributed by atoms with Crippen molar-refractivity contribution < 1.29 is 19.8 Å². The van der Waals surface area contributed by atoms with Crippen LogP contribution in [0, 0.1) is 67.5 Å². The summed E-state index contributed by atoms with van der Waals surface area (Å²) in [5.74, 6) is 0.560. The third kappa shape index (κ3) is 4.15. The maximum Gasteiger partial charge on any atom is 0.310 e. The van der Waals surface area contributed by atoms with Crippen LogP contribution in [0.25, 0.3) is 0 Å². The van der Waals surface area contributed by atoms with Gasteiger partial charge in [-0.3, -0.25) is 9.59 Å². The number of aliphatic hydroxyl groups is 1. The molecule has 0 bridgehead atoms. The molecule has 5 fully saturated rings. The molecule has 43 heavy (non-hydrogen) atoms. The van der Waals surface area contributed by atoms with Gasteiger partial charge in [-0.05, 0) is 128 Å². The lowest BCUT2D eigenvalue weighted by Crippen LogP contribution is -2.71. The number of aliphatic hydroxyl groups excluding tert-OH is 1. The molecule has 0 spiro atoms. The van der Waals surface area contributed by atoms with Crippen LogP contribution in [0.1, 0.15) is 133 Å². The van der Waals surface area contributed by atoms with Gasteiger partial charge in [0.1, 0.15) is 5.78 Å². The van der Waals surface area contributed by atoms with Gasteiger partial charge in [-0.15, -0.1) is 6.58 Å². The van der Waals surface area contributed by atoms with Crippen molar-refractivity contribution in [2.75, 3.05) is 0 Å². The molecule has 11 atom stereocenters. The van der Waals surface area contributed by atoms with Crippen LogP contribution < -0.4 is 0 Å². The summed E-state index contributed by atoms with van der Waals surface area (Å²) in [6, 6.07) is 0. The molecular weight excluding hydrogens is 532 g/mol. The third-order valence-corrected chi connectivity index (χ3v) is 15.5. The summed E-state index contributed by atoms with van der Waals surface area (Å²) in [4.78, 5) is 28.9. The van der Waals surface area contributed by atoms with Gasteiger partial charge in [0.25, 0.3) is 0 Å². The van der Waals surface area contributed by atoms with Gasteiger partial charge in [0, 0.05) is 11.8 Å². The molecule has 5 saturated carbocycles. The van der Waals surface area contributed by atoms with Crippen molar-refractivity contribution in [1.29, 1.82) is 0 Å². The van der Waals surface area contributed by atoms with E-state index in [1.807, 2.05) is 6.08 Å². The van der Waals surface area contributed by atoms with Crippen LogP contribution in [0.4, 0.5) is 0 Å². The van der Waals surface area contributed by atoms with Crippen molar-refractivity contribution in [1.82, 2.24) is 0 Å². The van der Waals surface area contributed by atoms with E-state index in [-0.39, 0.29) is 56.7 Å². The number of Topliss-reactive ketones (excluding diaryl/α,β-unsaturated/α-hetero) is 1. The van der Waals surface area contributed by atoms with E-state index in [0.29, 0.717) is 37.5 Å². The molecule has 0 heterocycles. The smallest absolute Gasteiger partial charge is 0.310 e. The Balaban J connectivity index is 1.74. The lowest BCUT2D eigenvalue weighted by molar-refractivity contribution is -0.268. The summed E-state index contributed by atoms with van der Waals surface area (Å²) in [7, 11) is 0. The van der Waals surface area contributed by atoms with Gasteiger partial charge in [0.2, 0.25) is 0 Å². The van der Waals surface area contributed by atoms with Crippen molar-refractivity contribution in [2.24, 2.45) is 67.5 Å². The highest BCUT2D eigenvalue weighted by molar-refractivity contribution is 5.93. The van der Waals surface area contributed by atoms with E-state index in [1.165, 1.54) is 0 Å². The van der Waals surface area contributed by atoms with Gasteiger partial charge in [-0.2, -0.15) is 0 Å². The van der Waals surface area contributed by atoms with Gasteiger partial charge < -0.3 is 10.2 Å². The lowest BCUT2D eigenvalue weighted by atomic mass is 9.29. The fourth-order valence-electron chi connectivity index (χ4n) is 13.5. The van der Waals surface area contributed by atoms with Crippen LogP contribution in [-0.2, 0) is 9.59 Å². The zero-order valence-electron chi connectivity index (χ0n) is 28.9. The largest absolute Gasteiger partial charge is 0.481 e. The van der Waals surface area contributed by atoms with E-state index in [2.05, 4.69) is 75.5 Å². The van der Waals surface area contributed by atoms with E-state index >= 15 is 0 Å². The van der Waals surface area contributed by atoms with Crippen LogP contribution in [-0.4, -0.2) is 28.1 Å². The van der Waals surface area contributed by atoms with Crippen molar-refractivity contribution in [3.63, 3.8) is 0 Å². The number of hydrogen-bond acceptors (Lipinski definition) is 3. The van der Waals surface area contributed by atoms with E-state index in [0.717, 1.165) is 50.5 Å². The monoisotopic (exact) mass is 594 g/mol. The first kappa shape index (κ1) is 33.0. The van der Waals surface area contributed by atoms with Crippen LogP contribution in [0.15, 0.2) is 24.8 Å². The summed E-state index contributed by atoms with van der Waals surface area (Å²) in [5, 5.41) is 22.5. The minimum absolute atomic E-state index is 0.0269. The van der Waals surface area contributed by atoms with Crippen LogP contribution in [0.3, 0.4) is 0 Å². The topological polar surface area (TPSA) is 74.6 Å². The van der Waals surface area contributed by atoms with Crippen LogP contribution in [0.2, 0.25) is 0 Å². The number of hydrogen-bond donors (Lipinski definition) is 2. The molecule has 5 rings (SSSR count). The molecule has 0 aromatic heterocycles. The highest BCUT2D eigenvalue weighted by Gasteiger charge is 2.78. The number of carboxylic acid groups (broad SMARTS) is 1. The summed E-state index contributed by atoms with van der Waals surface area (Å²) in [6.07, 6.45) is 10.6. The Morgan fingerprint density at radius 2 is 1.56 bits per heavy atom. The average Bonchev–Trinajstić information content (AvgIpc) is 3.29. The predicted molar refractivity (Wildman–Crippen MR) is 174 cm³/mol. The first-order valence-corrected chi connectivity index (χ1v) is 17.4. The summed E-state index contributed by atoms with van der Waals surface area (Å²) < 4.78 is 0. The molecule has 4 heteroatoms.